The lowest BCUT2D eigenvalue weighted by Crippen LogP contribution is -2.42. The normalized spacial score (nSPS) is 16.5. The molecule has 1 amide bonds. The number of benzene rings is 2. The largest absolute Gasteiger partial charge is 0.489 e. The molecule has 0 aromatic heterocycles. The van der Waals surface area contributed by atoms with Crippen molar-refractivity contribution in [3.63, 3.8) is 0 Å². The van der Waals surface area contributed by atoms with Crippen molar-refractivity contribution < 1.29 is 9.53 Å². The maximum atomic E-state index is 12.3. The highest BCUT2D eigenvalue weighted by atomic mass is 16.5. The summed E-state index contributed by atoms with van der Waals surface area (Å²) in [5.74, 6) is 1.29. The van der Waals surface area contributed by atoms with Gasteiger partial charge in [-0.05, 0) is 62.5 Å². The van der Waals surface area contributed by atoms with Gasteiger partial charge in [0.1, 0.15) is 12.4 Å². The molecule has 1 aliphatic rings. The van der Waals surface area contributed by atoms with Crippen molar-refractivity contribution in [2.45, 2.75) is 52.3 Å². The summed E-state index contributed by atoms with van der Waals surface area (Å²) in [6.45, 7) is 7.59. The van der Waals surface area contributed by atoms with Crippen LogP contribution in [-0.2, 0) is 17.9 Å². The number of nitrogens with zero attached hydrogens (tertiary/aromatic N) is 1. The SMILES string of the molecule is CCC(C)NC(=O)C1CCN(Cc2cccc(OCc3ccccc3)c2)CC1. The van der Waals surface area contributed by atoms with Gasteiger partial charge in [-0.3, -0.25) is 9.69 Å². The molecular formula is C24H32N2O2. The number of carbonyl (C=O) groups excluding carboxylic acids is 1. The number of piperidine rings is 1. The molecule has 1 unspecified atom stereocenters. The zero-order chi connectivity index (χ0) is 19.8. The fourth-order valence-corrected chi connectivity index (χ4v) is 3.55. The van der Waals surface area contributed by atoms with Crippen LogP contribution in [-0.4, -0.2) is 29.9 Å². The van der Waals surface area contributed by atoms with Gasteiger partial charge in [0.05, 0.1) is 0 Å². The van der Waals surface area contributed by atoms with Crippen LogP contribution in [0.2, 0.25) is 0 Å². The predicted molar refractivity (Wildman–Crippen MR) is 113 cm³/mol. The van der Waals surface area contributed by atoms with Crippen LogP contribution in [0.3, 0.4) is 0 Å². The summed E-state index contributed by atoms with van der Waals surface area (Å²) in [7, 11) is 0. The lowest BCUT2D eigenvalue weighted by atomic mass is 9.95. The first-order chi connectivity index (χ1) is 13.6. The fourth-order valence-electron chi connectivity index (χ4n) is 3.55. The first kappa shape index (κ1) is 20.4. The Morgan fingerprint density at radius 1 is 1.11 bits per heavy atom. The summed E-state index contributed by atoms with van der Waals surface area (Å²) < 4.78 is 5.95. The highest BCUT2D eigenvalue weighted by molar-refractivity contribution is 5.79. The highest BCUT2D eigenvalue weighted by Crippen LogP contribution is 2.21. The minimum absolute atomic E-state index is 0.158. The van der Waals surface area contributed by atoms with Crippen molar-refractivity contribution in [1.29, 1.82) is 0 Å². The van der Waals surface area contributed by atoms with E-state index in [1.807, 2.05) is 24.3 Å². The third-order valence-electron chi connectivity index (χ3n) is 5.51. The van der Waals surface area contributed by atoms with Crippen LogP contribution < -0.4 is 10.1 Å². The van der Waals surface area contributed by atoms with E-state index in [-0.39, 0.29) is 17.9 Å². The molecule has 150 valence electrons. The predicted octanol–water partition coefficient (Wildman–Crippen LogP) is 4.39. The van der Waals surface area contributed by atoms with Gasteiger partial charge >= 0.3 is 0 Å². The average molecular weight is 381 g/mol. The molecule has 0 bridgehead atoms. The van der Waals surface area contributed by atoms with Gasteiger partial charge in [0.2, 0.25) is 5.91 Å². The summed E-state index contributed by atoms with van der Waals surface area (Å²) in [5, 5.41) is 3.12. The Morgan fingerprint density at radius 2 is 1.82 bits per heavy atom. The smallest absolute Gasteiger partial charge is 0.223 e. The molecule has 1 aliphatic heterocycles. The molecule has 3 rings (SSSR count). The number of ether oxygens (including phenoxy) is 1. The van der Waals surface area contributed by atoms with Crippen LogP contribution in [0.25, 0.3) is 0 Å². The summed E-state index contributed by atoms with van der Waals surface area (Å²) in [6, 6.07) is 18.8. The van der Waals surface area contributed by atoms with Crippen molar-refractivity contribution in [2.75, 3.05) is 13.1 Å². The van der Waals surface area contributed by atoms with E-state index in [0.29, 0.717) is 6.61 Å². The second kappa shape index (κ2) is 10.3. The van der Waals surface area contributed by atoms with E-state index in [9.17, 15) is 4.79 Å². The lowest BCUT2D eigenvalue weighted by molar-refractivity contribution is -0.127. The molecule has 4 heteroatoms. The summed E-state index contributed by atoms with van der Waals surface area (Å²) >= 11 is 0. The second-order valence-corrected chi connectivity index (χ2v) is 7.79. The molecule has 2 aromatic carbocycles. The maximum absolute atomic E-state index is 12.3. The number of hydrogen-bond acceptors (Lipinski definition) is 3. The molecule has 1 atom stereocenters. The van der Waals surface area contributed by atoms with Crippen molar-refractivity contribution >= 4 is 5.91 Å². The first-order valence-electron chi connectivity index (χ1n) is 10.4. The van der Waals surface area contributed by atoms with Gasteiger partial charge in [-0.25, -0.2) is 0 Å². The van der Waals surface area contributed by atoms with Gasteiger partial charge < -0.3 is 10.1 Å². The van der Waals surface area contributed by atoms with Gasteiger partial charge in [-0.2, -0.15) is 0 Å². The van der Waals surface area contributed by atoms with Crippen molar-refractivity contribution in [3.05, 3.63) is 65.7 Å². The summed E-state index contributed by atoms with van der Waals surface area (Å²) in [5.41, 5.74) is 2.43. The third-order valence-corrected chi connectivity index (χ3v) is 5.51. The minimum Gasteiger partial charge on any atom is -0.489 e. The molecule has 0 saturated carbocycles. The van der Waals surface area contributed by atoms with Crippen LogP contribution in [0.15, 0.2) is 54.6 Å². The number of carbonyl (C=O) groups is 1. The van der Waals surface area contributed by atoms with E-state index >= 15 is 0 Å². The number of nitrogens with one attached hydrogen (secondary N) is 1. The molecule has 1 N–H and O–H groups in total. The molecule has 0 spiro atoms. The number of likely N-dealkylation sites (tertiary alicyclic amines) is 1. The zero-order valence-corrected chi connectivity index (χ0v) is 17.1. The van der Waals surface area contributed by atoms with Gasteiger partial charge in [-0.15, -0.1) is 0 Å². The Kier molecular flexibility index (Phi) is 7.49. The number of rotatable bonds is 8. The van der Waals surface area contributed by atoms with Gasteiger partial charge in [0, 0.05) is 18.5 Å². The van der Waals surface area contributed by atoms with E-state index in [1.165, 1.54) is 11.1 Å². The van der Waals surface area contributed by atoms with Crippen molar-refractivity contribution in [2.24, 2.45) is 5.92 Å². The standard InChI is InChI=1S/C24H32N2O2/c1-3-19(2)25-24(27)22-12-14-26(15-13-22)17-21-10-7-11-23(16-21)28-18-20-8-5-4-6-9-20/h4-11,16,19,22H,3,12-15,17-18H2,1-2H3,(H,25,27). The van der Waals surface area contributed by atoms with Crippen LogP contribution in [0.1, 0.15) is 44.2 Å². The topological polar surface area (TPSA) is 41.6 Å². The van der Waals surface area contributed by atoms with Crippen LogP contribution in [0.4, 0.5) is 0 Å². The van der Waals surface area contributed by atoms with Crippen molar-refractivity contribution in [3.8, 4) is 5.75 Å². The average Bonchev–Trinajstić information content (AvgIpc) is 2.73. The monoisotopic (exact) mass is 380 g/mol. The Hall–Kier alpha value is -2.33. The van der Waals surface area contributed by atoms with Gasteiger partial charge in [0.25, 0.3) is 0 Å². The zero-order valence-electron chi connectivity index (χ0n) is 17.1. The molecule has 28 heavy (non-hydrogen) atoms. The quantitative estimate of drug-likeness (QED) is 0.738. The Morgan fingerprint density at radius 3 is 2.54 bits per heavy atom. The molecular weight excluding hydrogens is 348 g/mol. The molecule has 2 aromatic rings. The van der Waals surface area contributed by atoms with Crippen LogP contribution in [0, 0.1) is 5.92 Å². The van der Waals surface area contributed by atoms with E-state index in [2.05, 4.69) is 54.4 Å². The molecule has 0 radical (unpaired) electrons. The Labute approximate surface area is 168 Å². The number of hydrogen-bond donors (Lipinski definition) is 1. The van der Waals surface area contributed by atoms with E-state index in [4.69, 9.17) is 4.74 Å². The Bertz CT molecular complexity index is 739. The van der Waals surface area contributed by atoms with Crippen molar-refractivity contribution in [1.82, 2.24) is 10.2 Å². The number of amides is 1. The van der Waals surface area contributed by atoms with E-state index in [0.717, 1.165) is 44.6 Å². The van der Waals surface area contributed by atoms with E-state index in [1.54, 1.807) is 0 Å². The van der Waals surface area contributed by atoms with E-state index < -0.39 is 0 Å². The van der Waals surface area contributed by atoms with Crippen LogP contribution in [0.5, 0.6) is 5.75 Å². The molecule has 0 aliphatic carbocycles. The third kappa shape index (κ3) is 6.10. The maximum Gasteiger partial charge on any atom is 0.223 e. The second-order valence-electron chi connectivity index (χ2n) is 7.79. The summed E-state index contributed by atoms with van der Waals surface area (Å²) in [6.07, 6.45) is 2.85. The van der Waals surface area contributed by atoms with Gasteiger partial charge in [0.15, 0.2) is 0 Å². The minimum atomic E-state index is 0.158. The first-order valence-corrected chi connectivity index (χ1v) is 10.4. The highest BCUT2D eigenvalue weighted by Gasteiger charge is 2.25. The molecule has 1 fully saturated rings. The van der Waals surface area contributed by atoms with Crippen LogP contribution >= 0.6 is 0 Å². The fraction of sp³-hybridized carbons (Fsp3) is 0.458. The molecule has 1 heterocycles. The Balaban J connectivity index is 1.46. The summed E-state index contributed by atoms with van der Waals surface area (Å²) in [4.78, 5) is 14.8. The lowest BCUT2D eigenvalue weighted by Gasteiger charge is -2.31. The molecule has 1 saturated heterocycles. The molecule has 4 nitrogen and oxygen atoms in total. The van der Waals surface area contributed by atoms with Gasteiger partial charge in [-0.1, -0.05) is 49.4 Å².